The minimum absolute atomic E-state index is 0.446. The zero-order valence-electron chi connectivity index (χ0n) is 20.2. The van der Waals surface area contributed by atoms with Crippen molar-refractivity contribution in [3.63, 3.8) is 0 Å². The predicted octanol–water partition coefficient (Wildman–Crippen LogP) is 5.38. The van der Waals surface area contributed by atoms with Gasteiger partial charge in [-0.05, 0) is 44.5 Å². The number of rotatable bonds is 10. The minimum atomic E-state index is 0.446. The fourth-order valence-corrected chi connectivity index (χ4v) is 5.16. The lowest BCUT2D eigenvalue weighted by Crippen LogP contribution is -2.18. The number of benzene rings is 1. The highest BCUT2D eigenvalue weighted by atomic mass is 32.1. The number of nitrogens with one attached hydrogen (secondary N) is 1. The van der Waals surface area contributed by atoms with Gasteiger partial charge < -0.3 is 10.2 Å². The summed E-state index contributed by atoms with van der Waals surface area (Å²) < 4.78 is 4.12. The molecule has 4 aromatic heterocycles. The quantitative estimate of drug-likeness (QED) is 0.286. The summed E-state index contributed by atoms with van der Waals surface area (Å²) >= 11 is 1.64. The first-order chi connectivity index (χ1) is 17.2. The van der Waals surface area contributed by atoms with Gasteiger partial charge in [0, 0.05) is 29.9 Å². The standard InChI is InChI=1S/C26H30N8S/c1-3-4-10-32(2)16-18-6-5-7-19(13-18)23-30-24(22-15-28-34(21-8-9-21)25(22)31-23)27-14-20-17-33-11-12-35-26(33)29-20/h5-7,11-13,15,17,21H,3-4,8-10,14,16H2,1-2H3,(H,27,30,31). The number of fused-ring (bicyclic) bond motifs is 2. The van der Waals surface area contributed by atoms with E-state index < -0.39 is 0 Å². The van der Waals surface area contributed by atoms with Crippen LogP contribution in [-0.2, 0) is 13.1 Å². The molecule has 0 bridgehead atoms. The van der Waals surface area contributed by atoms with Crippen molar-refractivity contribution in [1.82, 2.24) is 34.0 Å². The molecule has 1 aromatic carbocycles. The van der Waals surface area contributed by atoms with E-state index in [1.54, 1.807) is 11.3 Å². The van der Waals surface area contributed by atoms with Crippen LogP contribution in [0, 0.1) is 0 Å². The summed E-state index contributed by atoms with van der Waals surface area (Å²) in [7, 11) is 2.18. The zero-order valence-corrected chi connectivity index (χ0v) is 21.0. The molecule has 1 aliphatic carbocycles. The second-order valence-corrected chi connectivity index (χ2v) is 10.3. The Morgan fingerprint density at radius 3 is 2.94 bits per heavy atom. The minimum Gasteiger partial charge on any atom is -0.364 e. The van der Waals surface area contributed by atoms with E-state index in [2.05, 4.69) is 68.8 Å². The molecule has 0 spiro atoms. The molecule has 0 radical (unpaired) electrons. The summed E-state index contributed by atoms with van der Waals surface area (Å²) in [6, 6.07) is 9.05. The van der Waals surface area contributed by atoms with Gasteiger partial charge >= 0.3 is 0 Å². The Hall–Kier alpha value is -3.30. The van der Waals surface area contributed by atoms with Crippen LogP contribution in [0.3, 0.4) is 0 Å². The number of anilines is 1. The van der Waals surface area contributed by atoms with E-state index in [1.807, 2.05) is 17.8 Å². The number of hydrogen-bond acceptors (Lipinski definition) is 7. The van der Waals surface area contributed by atoms with Crippen molar-refractivity contribution < 1.29 is 0 Å². The fraction of sp³-hybridized carbons (Fsp3) is 0.385. The maximum atomic E-state index is 5.00. The fourth-order valence-electron chi connectivity index (χ4n) is 4.44. The Labute approximate surface area is 208 Å². The molecule has 4 heterocycles. The van der Waals surface area contributed by atoms with Crippen LogP contribution < -0.4 is 5.32 Å². The Kier molecular flexibility index (Phi) is 5.95. The molecule has 180 valence electrons. The summed E-state index contributed by atoms with van der Waals surface area (Å²) in [6.07, 6.45) is 10.7. The lowest BCUT2D eigenvalue weighted by molar-refractivity contribution is 0.321. The van der Waals surface area contributed by atoms with Crippen molar-refractivity contribution >= 4 is 33.1 Å². The number of imidazole rings is 1. The highest BCUT2D eigenvalue weighted by Crippen LogP contribution is 2.37. The Morgan fingerprint density at radius 2 is 2.11 bits per heavy atom. The van der Waals surface area contributed by atoms with Crippen LogP contribution in [0.1, 0.15) is 49.9 Å². The van der Waals surface area contributed by atoms with E-state index in [4.69, 9.17) is 15.0 Å². The number of aromatic nitrogens is 6. The molecule has 9 heteroatoms. The number of nitrogens with zero attached hydrogens (tertiary/aromatic N) is 7. The molecule has 6 rings (SSSR count). The Morgan fingerprint density at radius 1 is 1.20 bits per heavy atom. The summed E-state index contributed by atoms with van der Waals surface area (Å²) in [5.74, 6) is 1.53. The number of hydrogen-bond donors (Lipinski definition) is 1. The van der Waals surface area contributed by atoms with Crippen LogP contribution in [0.5, 0.6) is 0 Å². The van der Waals surface area contributed by atoms with Gasteiger partial charge in [0.05, 0.1) is 29.9 Å². The van der Waals surface area contributed by atoms with Crippen molar-refractivity contribution in [2.75, 3.05) is 18.9 Å². The van der Waals surface area contributed by atoms with Gasteiger partial charge in [-0.1, -0.05) is 31.5 Å². The molecule has 5 aromatic rings. The lowest BCUT2D eigenvalue weighted by Gasteiger charge is -2.16. The molecule has 8 nitrogen and oxygen atoms in total. The Balaban J connectivity index is 1.32. The maximum absolute atomic E-state index is 5.00. The van der Waals surface area contributed by atoms with Crippen LogP contribution >= 0.6 is 11.3 Å². The van der Waals surface area contributed by atoms with Crippen LogP contribution in [0.4, 0.5) is 5.82 Å². The second kappa shape index (κ2) is 9.39. The molecule has 1 saturated carbocycles. The number of unbranched alkanes of at least 4 members (excludes halogenated alkanes) is 1. The predicted molar refractivity (Wildman–Crippen MR) is 141 cm³/mol. The van der Waals surface area contributed by atoms with Crippen molar-refractivity contribution in [3.8, 4) is 11.4 Å². The average Bonchev–Trinajstić information content (AvgIpc) is 3.27. The van der Waals surface area contributed by atoms with E-state index >= 15 is 0 Å². The van der Waals surface area contributed by atoms with E-state index in [1.165, 1.54) is 18.4 Å². The number of thiazole rings is 1. The Bertz CT molecular complexity index is 1430. The molecule has 1 fully saturated rings. The topological polar surface area (TPSA) is 76.2 Å². The second-order valence-electron chi connectivity index (χ2n) is 9.42. The lowest BCUT2D eigenvalue weighted by atomic mass is 10.1. The third kappa shape index (κ3) is 4.66. The molecule has 0 atom stereocenters. The molecule has 1 N–H and O–H groups in total. The zero-order chi connectivity index (χ0) is 23.8. The molecular weight excluding hydrogens is 456 g/mol. The molecule has 35 heavy (non-hydrogen) atoms. The van der Waals surface area contributed by atoms with Crippen molar-refractivity contribution in [2.24, 2.45) is 0 Å². The van der Waals surface area contributed by atoms with Crippen molar-refractivity contribution in [2.45, 2.75) is 51.7 Å². The molecular formula is C26H30N8S. The van der Waals surface area contributed by atoms with Gasteiger partial charge in [0.15, 0.2) is 16.4 Å². The summed E-state index contributed by atoms with van der Waals surface area (Å²) in [5, 5.41) is 11.2. The SMILES string of the molecule is CCCCN(C)Cc1cccc(-c2nc(NCc3cn4ccsc4n3)c3cnn(C4CC4)c3n2)c1. The van der Waals surface area contributed by atoms with Gasteiger partial charge in [-0.3, -0.25) is 4.40 Å². The van der Waals surface area contributed by atoms with Crippen LogP contribution in [0.15, 0.2) is 48.2 Å². The molecule has 0 unspecified atom stereocenters. The summed E-state index contributed by atoms with van der Waals surface area (Å²) in [6.45, 7) is 4.84. The monoisotopic (exact) mass is 486 g/mol. The van der Waals surface area contributed by atoms with Gasteiger partial charge in [-0.2, -0.15) is 5.10 Å². The first kappa shape index (κ1) is 22.2. The van der Waals surface area contributed by atoms with Gasteiger partial charge in [-0.25, -0.2) is 19.6 Å². The van der Waals surface area contributed by atoms with Gasteiger partial charge in [0.2, 0.25) is 0 Å². The van der Waals surface area contributed by atoms with Gasteiger partial charge in [-0.15, -0.1) is 11.3 Å². The van der Waals surface area contributed by atoms with E-state index in [9.17, 15) is 0 Å². The molecule has 1 aliphatic rings. The maximum Gasteiger partial charge on any atom is 0.193 e. The third-order valence-electron chi connectivity index (χ3n) is 6.46. The van der Waals surface area contributed by atoms with E-state index in [0.29, 0.717) is 12.6 Å². The summed E-state index contributed by atoms with van der Waals surface area (Å²) in [5.41, 5.74) is 4.18. The first-order valence-electron chi connectivity index (χ1n) is 12.4. The van der Waals surface area contributed by atoms with Crippen LogP contribution in [-0.4, -0.2) is 47.6 Å². The van der Waals surface area contributed by atoms with E-state index in [0.717, 1.165) is 64.8 Å². The van der Waals surface area contributed by atoms with Crippen molar-refractivity contribution in [1.29, 1.82) is 0 Å². The van der Waals surface area contributed by atoms with Crippen LogP contribution in [0.25, 0.3) is 27.4 Å². The summed E-state index contributed by atoms with van der Waals surface area (Å²) in [4.78, 5) is 18.0. The average molecular weight is 487 g/mol. The van der Waals surface area contributed by atoms with Crippen LogP contribution in [0.2, 0.25) is 0 Å². The molecule has 0 aliphatic heterocycles. The smallest absolute Gasteiger partial charge is 0.193 e. The first-order valence-corrected chi connectivity index (χ1v) is 13.2. The molecule has 0 amide bonds. The van der Waals surface area contributed by atoms with Crippen molar-refractivity contribution in [3.05, 3.63) is 59.5 Å². The van der Waals surface area contributed by atoms with E-state index in [-0.39, 0.29) is 0 Å². The third-order valence-corrected chi connectivity index (χ3v) is 7.23. The van der Waals surface area contributed by atoms with Gasteiger partial charge in [0.25, 0.3) is 0 Å². The highest BCUT2D eigenvalue weighted by Gasteiger charge is 2.27. The highest BCUT2D eigenvalue weighted by molar-refractivity contribution is 7.15. The molecule has 0 saturated heterocycles. The van der Waals surface area contributed by atoms with Gasteiger partial charge in [0.1, 0.15) is 5.82 Å². The normalized spacial score (nSPS) is 13.9. The largest absolute Gasteiger partial charge is 0.364 e.